The minimum absolute atomic E-state index is 0.0619. The van der Waals surface area contributed by atoms with Gasteiger partial charge < -0.3 is 14.8 Å². The molecule has 1 heterocycles. The lowest BCUT2D eigenvalue weighted by Gasteiger charge is -2.13. The molecular weight excluding hydrogens is 466 g/mol. The van der Waals surface area contributed by atoms with E-state index in [1.165, 1.54) is 6.92 Å². The molecule has 0 fully saturated rings. The molecule has 0 saturated carbocycles. The molecule has 0 aliphatic rings. The van der Waals surface area contributed by atoms with Crippen molar-refractivity contribution in [2.24, 2.45) is 5.92 Å². The SMILES string of the molecule is COc1cccc(-c2nn(-c3cccc(C)c3C)c(OC(C)=O)c2-c2ccc(NC(=O)C(C)C)cc2)c1. The van der Waals surface area contributed by atoms with E-state index in [1.807, 2.05) is 94.4 Å². The average Bonchev–Trinajstić information content (AvgIpc) is 3.24. The van der Waals surface area contributed by atoms with E-state index in [1.54, 1.807) is 11.8 Å². The van der Waals surface area contributed by atoms with Gasteiger partial charge in [-0.2, -0.15) is 9.78 Å². The maximum Gasteiger partial charge on any atom is 0.309 e. The van der Waals surface area contributed by atoms with Gasteiger partial charge in [-0.3, -0.25) is 9.59 Å². The fraction of sp³-hybridized carbons (Fsp3) is 0.233. The molecule has 0 atom stereocenters. The van der Waals surface area contributed by atoms with E-state index in [4.69, 9.17) is 14.6 Å². The molecule has 0 aliphatic heterocycles. The van der Waals surface area contributed by atoms with Crippen LogP contribution in [-0.2, 0) is 9.59 Å². The van der Waals surface area contributed by atoms with Crippen LogP contribution in [0.5, 0.6) is 11.6 Å². The van der Waals surface area contributed by atoms with E-state index >= 15 is 0 Å². The topological polar surface area (TPSA) is 82.4 Å². The standard InChI is InChI=1S/C30H31N3O4/c1-18(2)29(35)31-24-15-13-22(14-16-24)27-28(23-10-8-11-25(17-23)36-6)32-33(30(27)37-21(5)34)26-12-7-9-19(3)20(26)4/h7-18H,1-6H3,(H,31,35). The Morgan fingerprint density at radius 2 is 1.65 bits per heavy atom. The van der Waals surface area contributed by atoms with Crippen molar-refractivity contribution < 1.29 is 19.1 Å². The van der Waals surface area contributed by atoms with Gasteiger partial charge in [-0.25, -0.2) is 0 Å². The van der Waals surface area contributed by atoms with E-state index in [9.17, 15) is 9.59 Å². The Bertz CT molecular complexity index is 1450. The van der Waals surface area contributed by atoms with Gasteiger partial charge in [0.05, 0.1) is 18.4 Å². The van der Waals surface area contributed by atoms with Gasteiger partial charge in [-0.1, -0.05) is 50.2 Å². The fourth-order valence-electron chi connectivity index (χ4n) is 4.00. The molecule has 1 N–H and O–H groups in total. The number of rotatable bonds is 7. The Labute approximate surface area is 217 Å². The molecule has 0 spiro atoms. The van der Waals surface area contributed by atoms with Crippen LogP contribution in [0.2, 0.25) is 0 Å². The molecule has 190 valence electrons. The average molecular weight is 498 g/mol. The van der Waals surface area contributed by atoms with Gasteiger partial charge in [0.1, 0.15) is 11.4 Å². The number of hydrogen-bond donors (Lipinski definition) is 1. The number of esters is 1. The lowest BCUT2D eigenvalue weighted by atomic mass is 10.0. The predicted molar refractivity (Wildman–Crippen MR) is 145 cm³/mol. The zero-order chi connectivity index (χ0) is 26.7. The third kappa shape index (κ3) is 5.40. The maximum atomic E-state index is 12.3. The summed E-state index contributed by atoms with van der Waals surface area (Å²) in [6, 6.07) is 21.0. The molecule has 1 amide bonds. The van der Waals surface area contributed by atoms with Crippen LogP contribution < -0.4 is 14.8 Å². The van der Waals surface area contributed by atoms with E-state index in [2.05, 4.69) is 5.32 Å². The van der Waals surface area contributed by atoms with Crippen LogP contribution >= 0.6 is 0 Å². The van der Waals surface area contributed by atoms with Gasteiger partial charge in [0.2, 0.25) is 11.8 Å². The highest BCUT2D eigenvalue weighted by Gasteiger charge is 2.25. The molecule has 7 nitrogen and oxygen atoms in total. The number of anilines is 1. The number of aromatic nitrogens is 2. The number of carbonyl (C=O) groups excluding carboxylic acids is 2. The smallest absolute Gasteiger partial charge is 0.309 e. The van der Waals surface area contributed by atoms with Gasteiger partial charge in [0.25, 0.3) is 0 Å². The van der Waals surface area contributed by atoms with Crippen LogP contribution in [0.1, 0.15) is 31.9 Å². The van der Waals surface area contributed by atoms with Crippen molar-refractivity contribution in [2.75, 3.05) is 12.4 Å². The number of ether oxygens (including phenoxy) is 2. The quantitative estimate of drug-likeness (QED) is 0.301. The minimum atomic E-state index is -0.453. The summed E-state index contributed by atoms with van der Waals surface area (Å²) in [7, 11) is 1.61. The summed E-state index contributed by atoms with van der Waals surface area (Å²) in [5.41, 5.74) is 6.50. The second-order valence-electron chi connectivity index (χ2n) is 9.21. The number of hydrogen-bond acceptors (Lipinski definition) is 5. The van der Waals surface area contributed by atoms with Gasteiger partial charge >= 0.3 is 5.97 Å². The Hall–Kier alpha value is -4.39. The summed E-state index contributed by atoms with van der Waals surface area (Å²) in [5.74, 6) is 0.355. The van der Waals surface area contributed by atoms with Gasteiger partial charge in [-0.15, -0.1) is 0 Å². The number of amides is 1. The molecule has 0 radical (unpaired) electrons. The normalized spacial score (nSPS) is 10.9. The maximum absolute atomic E-state index is 12.3. The Morgan fingerprint density at radius 3 is 2.30 bits per heavy atom. The number of aryl methyl sites for hydroxylation is 1. The van der Waals surface area contributed by atoms with Crippen LogP contribution in [0.15, 0.2) is 66.7 Å². The highest BCUT2D eigenvalue weighted by atomic mass is 16.5. The van der Waals surface area contributed by atoms with Crippen LogP contribution in [0.3, 0.4) is 0 Å². The first-order chi connectivity index (χ1) is 17.7. The van der Waals surface area contributed by atoms with Crippen molar-refractivity contribution in [1.82, 2.24) is 9.78 Å². The summed E-state index contributed by atoms with van der Waals surface area (Å²) in [4.78, 5) is 24.5. The highest BCUT2D eigenvalue weighted by molar-refractivity contribution is 5.93. The molecule has 7 heteroatoms. The van der Waals surface area contributed by atoms with Crippen molar-refractivity contribution in [3.8, 4) is 39.7 Å². The lowest BCUT2D eigenvalue weighted by molar-refractivity contribution is -0.132. The minimum Gasteiger partial charge on any atom is -0.497 e. The second kappa shape index (κ2) is 10.7. The zero-order valence-electron chi connectivity index (χ0n) is 22.0. The van der Waals surface area contributed by atoms with Crippen LogP contribution in [-0.4, -0.2) is 28.8 Å². The monoisotopic (exact) mass is 497 g/mol. The van der Waals surface area contributed by atoms with Gasteiger partial charge in [0, 0.05) is 24.1 Å². The summed E-state index contributed by atoms with van der Waals surface area (Å²) in [6.07, 6.45) is 0. The number of benzene rings is 3. The Morgan fingerprint density at radius 1 is 0.946 bits per heavy atom. The van der Waals surface area contributed by atoms with Gasteiger partial charge in [0.15, 0.2) is 0 Å². The van der Waals surface area contributed by atoms with Crippen molar-refractivity contribution in [3.05, 3.63) is 77.9 Å². The summed E-state index contributed by atoms with van der Waals surface area (Å²) >= 11 is 0. The van der Waals surface area contributed by atoms with Crippen molar-refractivity contribution in [2.45, 2.75) is 34.6 Å². The van der Waals surface area contributed by atoms with Crippen molar-refractivity contribution >= 4 is 17.6 Å². The molecule has 0 aliphatic carbocycles. The summed E-state index contributed by atoms with van der Waals surface area (Å²) in [6.45, 7) is 9.11. The first kappa shape index (κ1) is 25.7. The number of nitrogens with zero attached hydrogens (tertiary/aromatic N) is 2. The Balaban J connectivity index is 1.97. The fourth-order valence-corrected chi connectivity index (χ4v) is 4.00. The molecule has 4 aromatic rings. The molecule has 37 heavy (non-hydrogen) atoms. The molecule has 1 aromatic heterocycles. The third-order valence-electron chi connectivity index (χ3n) is 6.20. The molecule has 0 bridgehead atoms. The van der Waals surface area contributed by atoms with Crippen LogP contribution in [0.4, 0.5) is 5.69 Å². The summed E-state index contributed by atoms with van der Waals surface area (Å²) in [5, 5.41) is 7.88. The largest absolute Gasteiger partial charge is 0.497 e. The highest BCUT2D eigenvalue weighted by Crippen LogP contribution is 2.42. The van der Waals surface area contributed by atoms with E-state index < -0.39 is 5.97 Å². The van der Waals surface area contributed by atoms with Crippen LogP contribution in [0.25, 0.3) is 28.1 Å². The first-order valence-corrected chi connectivity index (χ1v) is 12.1. The van der Waals surface area contributed by atoms with E-state index in [0.29, 0.717) is 28.6 Å². The number of carbonyl (C=O) groups is 2. The summed E-state index contributed by atoms with van der Waals surface area (Å²) < 4.78 is 13.0. The van der Waals surface area contributed by atoms with E-state index in [0.717, 1.165) is 27.9 Å². The second-order valence-corrected chi connectivity index (χ2v) is 9.21. The zero-order valence-corrected chi connectivity index (χ0v) is 22.0. The van der Waals surface area contributed by atoms with Crippen molar-refractivity contribution in [3.63, 3.8) is 0 Å². The molecule has 0 saturated heterocycles. The molecular formula is C30H31N3O4. The predicted octanol–water partition coefficient (Wildman–Crippen LogP) is 6.35. The third-order valence-corrected chi connectivity index (χ3v) is 6.20. The number of nitrogens with one attached hydrogen (secondary N) is 1. The Kier molecular flexibility index (Phi) is 7.43. The van der Waals surface area contributed by atoms with Crippen LogP contribution in [0, 0.1) is 19.8 Å². The number of methoxy groups -OCH3 is 1. The van der Waals surface area contributed by atoms with E-state index in [-0.39, 0.29) is 11.8 Å². The molecule has 3 aromatic carbocycles. The lowest BCUT2D eigenvalue weighted by Crippen LogP contribution is -2.17. The molecule has 4 rings (SSSR count). The first-order valence-electron chi connectivity index (χ1n) is 12.1. The van der Waals surface area contributed by atoms with Crippen molar-refractivity contribution in [1.29, 1.82) is 0 Å². The molecule has 0 unspecified atom stereocenters. The van der Waals surface area contributed by atoms with Gasteiger partial charge in [-0.05, 0) is 60.9 Å².